The topological polar surface area (TPSA) is 54.5 Å². The number of H-pyrrole nitrogens is 1. The van der Waals surface area contributed by atoms with Gasteiger partial charge in [-0.15, -0.1) is 11.3 Å². The van der Waals surface area contributed by atoms with E-state index in [9.17, 15) is 0 Å². The normalized spacial score (nSPS) is 10.6. The lowest BCUT2D eigenvalue weighted by atomic mass is 10.2. The van der Waals surface area contributed by atoms with Gasteiger partial charge in [-0.25, -0.2) is 4.98 Å². The van der Waals surface area contributed by atoms with Gasteiger partial charge in [0.2, 0.25) is 0 Å². The van der Waals surface area contributed by atoms with Crippen LogP contribution in [-0.2, 0) is 0 Å². The molecule has 3 aromatic rings. The number of thiazole rings is 1. The predicted octanol–water partition coefficient (Wildman–Crippen LogP) is 3.36. The van der Waals surface area contributed by atoms with Crippen LogP contribution in [0.25, 0.3) is 22.0 Å². The fourth-order valence-corrected chi connectivity index (χ4v) is 2.50. The summed E-state index contributed by atoms with van der Waals surface area (Å²) in [6.07, 6.45) is 1.67. The van der Waals surface area contributed by atoms with E-state index in [2.05, 4.69) is 36.3 Å². The maximum absolute atomic E-state index is 4.53. The van der Waals surface area contributed by atoms with Crippen molar-refractivity contribution in [2.24, 2.45) is 0 Å². The predicted molar refractivity (Wildman–Crippen MR) is 70.6 cm³/mol. The van der Waals surface area contributed by atoms with E-state index in [-0.39, 0.29) is 0 Å². The van der Waals surface area contributed by atoms with E-state index in [1.807, 2.05) is 29.6 Å². The number of benzene rings is 1. The second-order valence-corrected chi connectivity index (χ2v) is 5.17. The Morgan fingerprint density at radius 2 is 1.94 bits per heavy atom. The molecule has 4 nitrogen and oxygen atoms in total. The van der Waals surface area contributed by atoms with Gasteiger partial charge < -0.3 is 0 Å². The Morgan fingerprint density at radius 3 is 2.65 bits per heavy atom. The Kier molecular flexibility index (Phi) is 2.74. The number of hydrogen-bond acceptors (Lipinski definition) is 4. The van der Waals surface area contributed by atoms with E-state index in [0.717, 1.165) is 26.4 Å². The Labute approximate surface area is 110 Å². The summed E-state index contributed by atoms with van der Waals surface area (Å²) in [5, 5.41) is 13.3. The molecule has 0 unspecified atom stereocenters. The number of halogens is 1. The van der Waals surface area contributed by atoms with Crippen molar-refractivity contribution in [1.82, 2.24) is 20.4 Å². The molecular weight excluding hydrogens is 300 g/mol. The van der Waals surface area contributed by atoms with Crippen LogP contribution in [0, 0.1) is 0 Å². The Morgan fingerprint density at radius 1 is 1.12 bits per heavy atom. The highest BCUT2D eigenvalue weighted by Crippen LogP contribution is 2.27. The fraction of sp³-hybridized carbons (Fsp3) is 0. The lowest BCUT2D eigenvalue weighted by Gasteiger charge is -1.95. The van der Waals surface area contributed by atoms with Gasteiger partial charge in [-0.1, -0.05) is 28.1 Å². The van der Waals surface area contributed by atoms with Gasteiger partial charge in [-0.3, -0.25) is 0 Å². The quantitative estimate of drug-likeness (QED) is 0.790. The molecule has 1 N–H and O–H groups in total. The van der Waals surface area contributed by atoms with Crippen molar-refractivity contribution in [1.29, 1.82) is 0 Å². The minimum Gasteiger partial charge on any atom is -0.234 e. The van der Waals surface area contributed by atoms with Crippen LogP contribution in [0.1, 0.15) is 0 Å². The summed E-state index contributed by atoms with van der Waals surface area (Å²) < 4.78 is 1.06. The third-order valence-corrected chi connectivity index (χ3v) is 3.67. The third kappa shape index (κ3) is 2.13. The highest BCUT2D eigenvalue weighted by molar-refractivity contribution is 9.10. The van der Waals surface area contributed by atoms with Crippen molar-refractivity contribution in [3.63, 3.8) is 0 Å². The molecule has 0 bridgehead atoms. The van der Waals surface area contributed by atoms with Crippen LogP contribution in [0.4, 0.5) is 0 Å². The van der Waals surface area contributed by atoms with Crippen LogP contribution in [0.5, 0.6) is 0 Å². The Balaban J connectivity index is 1.98. The molecule has 0 radical (unpaired) electrons. The van der Waals surface area contributed by atoms with E-state index in [0.29, 0.717) is 0 Å². The van der Waals surface area contributed by atoms with Crippen molar-refractivity contribution in [3.05, 3.63) is 40.3 Å². The third-order valence-electron chi connectivity index (χ3n) is 2.28. The molecule has 2 heterocycles. The summed E-state index contributed by atoms with van der Waals surface area (Å²) in [6, 6.07) is 8.08. The minimum absolute atomic E-state index is 0.776. The van der Waals surface area contributed by atoms with Crippen LogP contribution in [0.2, 0.25) is 0 Å². The summed E-state index contributed by atoms with van der Waals surface area (Å²) in [5.74, 6) is 0. The number of aromatic nitrogens is 4. The Hall–Kier alpha value is -1.53. The first kappa shape index (κ1) is 10.6. The highest BCUT2D eigenvalue weighted by Gasteiger charge is 2.08. The molecule has 6 heteroatoms. The van der Waals surface area contributed by atoms with Crippen LogP contribution in [0.15, 0.2) is 40.3 Å². The fourth-order valence-electron chi connectivity index (χ4n) is 1.45. The summed E-state index contributed by atoms with van der Waals surface area (Å²) in [6.45, 7) is 0. The molecule has 0 amide bonds. The number of hydrogen-bond donors (Lipinski definition) is 1. The molecule has 3 rings (SSSR count). The molecule has 0 spiro atoms. The number of aromatic amines is 1. The number of rotatable bonds is 2. The van der Waals surface area contributed by atoms with Crippen molar-refractivity contribution in [3.8, 4) is 22.0 Å². The first-order valence-corrected chi connectivity index (χ1v) is 6.58. The zero-order valence-corrected chi connectivity index (χ0v) is 11.0. The second kappa shape index (κ2) is 4.38. The monoisotopic (exact) mass is 306 g/mol. The standard InChI is InChI=1S/C11H7BrN4S/c12-8-3-1-7(2-4-8)10-6-17-11(14-10)9-5-13-16-15-9/h1-6H,(H,13,15,16). The minimum atomic E-state index is 0.776. The first-order valence-electron chi connectivity index (χ1n) is 4.90. The van der Waals surface area contributed by atoms with Crippen LogP contribution < -0.4 is 0 Å². The molecule has 0 aliphatic heterocycles. The van der Waals surface area contributed by atoms with Crippen LogP contribution in [-0.4, -0.2) is 20.4 Å². The van der Waals surface area contributed by atoms with Gasteiger partial charge in [-0.2, -0.15) is 15.4 Å². The van der Waals surface area contributed by atoms with Gasteiger partial charge in [0.1, 0.15) is 10.7 Å². The van der Waals surface area contributed by atoms with Gasteiger partial charge in [-0.05, 0) is 12.1 Å². The molecule has 1 aromatic carbocycles. The van der Waals surface area contributed by atoms with Crippen LogP contribution in [0.3, 0.4) is 0 Å². The van der Waals surface area contributed by atoms with Gasteiger partial charge in [0, 0.05) is 15.4 Å². The van der Waals surface area contributed by atoms with Crippen molar-refractivity contribution in [2.75, 3.05) is 0 Å². The Bertz CT molecular complexity index is 615. The largest absolute Gasteiger partial charge is 0.234 e. The number of nitrogens with one attached hydrogen (secondary N) is 1. The molecular formula is C11H7BrN4S. The molecule has 0 atom stereocenters. The van der Waals surface area contributed by atoms with Crippen molar-refractivity contribution >= 4 is 27.3 Å². The maximum Gasteiger partial charge on any atom is 0.146 e. The lowest BCUT2D eigenvalue weighted by Crippen LogP contribution is -1.79. The zero-order chi connectivity index (χ0) is 11.7. The molecule has 17 heavy (non-hydrogen) atoms. The summed E-state index contributed by atoms with van der Waals surface area (Å²) in [5.41, 5.74) is 2.83. The molecule has 0 saturated carbocycles. The average molecular weight is 307 g/mol. The van der Waals surface area contributed by atoms with Crippen molar-refractivity contribution < 1.29 is 0 Å². The van der Waals surface area contributed by atoms with Crippen LogP contribution >= 0.6 is 27.3 Å². The van der Waals surface area contributed by atoms with Crippen molar-refractivity contribution in [2.45, 2.75) is 0 Å². The van der Waals surface area contributed by atoms with E-state index in [1.165, 1.54) is 0 Å². The smallest absolute Gasteiger partial charge is 0.146 e. The summed E-state index contributed by atoms with van der Waals surface area (Å²) >= 11 is 4.98. The molecule has 0 saturated heterocycles. The van der Waals surface area contributed by atoms with Gasteiger partial charge >= 0.3 is 0 Å². The lowest BCUT2D eigenvalue weighted by molar-refractivity contribution is 0.942. The van der Waals surface area contributed by atoms with Gasteiger partial charge in [0.25, 0.3) is 0 Å². The number of nitrogens with zero attached hydrogens (tertiary/aromatic N) is 3. The zero-order valence-electron chi connectivity index (χ0n) is 8.59. The highest BCUT2D eigenvalue weighted by atomic mass is 79.9. The second-order valence-electron chi connectivity index (χ2n) is 3.40. The molecule has 0 aliphatic carbocycles. The van der Waals surface area contributed by atoms with E-state index >= 15 is 0 Å². The summed E-state index contributed by atoms with van der Waals surface area (Å²) in [4.78, 5) is 4.53. The first-order chi connectivity index (χ1) is 8.33. The van der Waals surface area contributed by atoms with E-state index < -0.39 is 0 Å². The molecule has 0 fully saturated rings. The van der Waals surface area contributed by atoms with E-state index in [1.54, 1.807) is 17.5 Å². The molecule has 84 valence electrons. The van der Waals surface area contributed by atoms with Gasteiger partial charge in [0.05, 0.1) is 11.9 Å². The summed E-state index contributed by atoms with van der Waals surface area (Å²) in [7, 11) is 0. The SMILES string of the molecule is Brc1ccc(-c2csc(-c3cn[nH]n3)n2)cc1. The average Bonchev–Trinajstić information content (AvgIpc) is 3.00. The van der Waals surface area contributed by atoms with E-state index in [4.69, 9.17) is 0 Å². The maximum atomic E-state index is 4.53. The van der Waals surface area contributed by atoms with Gasteiger partial charge in [0.15, 0.2) is 0 Å². The molecule has 0 aliphatic rings. The molecule has 2 aromatic heterocycles.